The fraction of sp³-hybridized carbons (Fsp3) is 0.333. The molecule has 0 aliphatic carbocycles. The molecule has 0 amide bonds. The van der Waals surface area contributed by atoms with Gasteiger partial charge < -0.3 is 10.6 Å². The molecule has 74 valence electrons. The highest BCUT2D eigenvalue weighted by Gasteiger charge is 2.07. The van der Waals surface area contributed by atoms with Gasteiger partial charge in [-0.1, -0.05) is 11.6 Å². The van der Waals surface area contributed by atoms with E-state index in [-0.39, 0.29) is 0 Å². The number of nitrogen functional groups attached to an aromatic ring is 1. The summed E-state index contributed by atoms with van der Waals surface area (Å²) in [4.78, 5) is 5.91. The van der Waals surface area contributed by atoms with Gasteiger partial charge in [0.2, 0.25) is 0 Å². The Morgan fingerprint density at radius 3 is 3.00 bits per heavy atom. The number of halogens is 1. The molecule has 2 N–H and O–H groups in total. The molecule has 0 aromatic carbocycles. The van der Waals surface area contributed by atoms with E-state index in [4.69, 9.17) is 22.6 Å². The predicted octanol–water partition coefficient (Wildman–Crippen LogP) is 1.67. The third-order valence-corrected chi connectivity index (χ3v) is 2.04. The number of hydrogen-bond acceptors (Lipinski definition) is 4. The lowest BCUT2D eigenvalue weighted by atomic mass is 10.3. The largest absolute Gasteiger partial charge is 0.397 e. The van der Waals surface area contributed by atoms with Crippen LogP contribution in [0.15, 0.2) is 12.3 Å². The first kappa shape index (κ1) is 10.6. The molecule has 0 aliphatic heterocycles. The maximum absolute atomic E-state index is 8.43. The van der Waals surface area contributed by atoms with Crippen LogP contribution >= 0.6 is 11.6 Å². The van der Waals surface area contributed by atoms with Crippen molar-refractivity contribution in [1.29, 1.82) is 5.26 Å². The molecular weight excluding hydrogens is 200 g/mol. The van der Waals surface area contributed by atoms with Gasteiger partial charge in [0.1, 0.15) is 5.82 Å². The molecule has 1 aromatic rings. The van der Waals surface area contributed by atoms with Gasteiger partial charge in [-0.25, -0.2) is 4.98 Å². The summed E-state index contributed by atoms with van der Waals surface area (Å²) in [5, 5.41) is 8.93. The van der Waals surface area contributed by atoms with Crippen LogP contribution in [-0.4, -0.2) is 18.6 Å². The highest BCUT2D eigenvalue weighted by Crippen LogP contribution is 2.23. The Kier molecular flexibility index (Phi) is 3.55. The van der Waals surface area contributed by atoms with Gasteiger partial charge in [-0.05, 0) is 6.07 Å². The SMILES string of the molecule is CN(CCC#N)c1ncc(N)cc1Cl. The van der Waals surface area contributed by atoms with Gasteiger partial charge in [0, 0.05) is 13.6 Å². The Morgan fingerprint density at radius 2 is 2.43 bits per heavy atom. The molecule has 0 radical (unpaired) electrons. The van der Waals surface area contributed by atoms with Crippen LogP contribution in [0.2, 0.25) is 5.02 Å². The second kappa shape index (κ2) is 4.68. The van der Waals surface area contributed by atoms with Gasteiger partial charge in [0.05, 0.1) is 29.4 Å². The standard InChI is InChI=1S/C9H11ClN4/c1-14(4-2-3-11)9-8(10)5-7(12)6-13-9/h5-6H,2,4,12H2,1H3. The Balaban J connectivity index is 2.80. The molecule has 14 heavy (non-hydrogen) atoms. The molecule has 0 fully saturated rings. The molecule has 0 atom stereocenters. The van der Waals surface area contributed by atoms with E-state index in [2.05, 4.69) is 11.1 Å². The Labute approximate surface area is 87.9 Å². The van der Waals surface area contributed by atoms with Crippen molar-refractivity contribution < 1.29 is 0 Å². The molecule has 0 spiro atoms. The van der Waals surface area contributed by atoms with Crippen molar-refractivity contribution in [3.8, 4) is 6.07 Å². The summed E-state index contributed by atoms with van der Waals surface area (Å²) in [5.41, 5.74) is 6.04. The maximum atomic E-state index is 8.43. The van der Waals surface area contributed by atoms with E-state index in [0.29, 0.717) is 29.5 Å². The molecule has 4 nitrogen and oxygen atoms in total. The second-order valence-corrected chi connectivity index (χ2v) is 3.31. The average molecular weight is 211 g/mol. The number of nitrogens with zero attached hydrogens (tertiary/aromatic N) is 3. The van der Waals surface area contributed by atoms with Crippen LogP contribution in [0.1, 0.15) is 6.42 Å². The van der Waals surface area contributed by atoms with Gasteiger partial charge in [0.15, 0.2) is 0 Å². The molecule has 1 aromatic heterocycles. The molecule has 0 bridgehead atoms. The lowest BCUT2D eigenvalue weighted by Gasteiger charge is -2.17. The van der Waals surface area contributed by atoms with Crippen molar-refractivity contribution in [3.63, 3.8) is 0 Å². The second-order valence-electron chi connectivity index (χ2n) is 2.90. The number of anilines is 2. The molecule has 0 saturated heterocycles. The van der Waals surface area contributed by atoms with Gasteiger partial charge in [-0.2, -0.15) is 5.26 Å². The highest BCUT2D eigenvalue weighted by molar-refractivity contribution is 6.33. The number of hydrogen-bond donors (Lipinski definition) is 1. The topological polar surface area (TPSA) is 65.9 Å². The van der Waals surface area contributed by atoms with Crippen molar-refractivity contribution in [1.82, 2.24) is 4.98 Å². The highest BCUT2D eigenvalue weighted by atomic mass is 35.5. The zero-order chi connectivity index (χ0) is 10.6. The zero-order valence-electron chi connectivity index (χ0n) is 7.87. The molecule has 0 aliphatic rings. The van der Waals surface area contributed by atoms with Crippen molar-refractivity contribution in [2.75, 3.05) is 24.2 Å². The summed E-state index contributed by atoms with van der Waals surface area (Å²) < 4.78 is 0. The van der Waals surface area contributed by atoms with E-state index in [9.17, 15) is 0 Å². The minimum Gasteiger partial charge on any atom is -0.397 e. The molecule has 0 saturated carbocycles. The quantitative estimate of drug-likeness (QED) is 0.824. The third-order valence-electron chi connectivity index (χ3n) is 1.76. The number of pyridine rings is 1. The maximum Gasteiger partial charge on any atom is 0.147 e. The van der Waals surface area contributed by atoms with Crippen molar-refractivity contribution in [2.45, 2.75) is 6.42 Å². The fourth-order valence-corrected chi connectivity index (χ4v) is 1.37. The number of nitrogens with two attached hydrogens (primary N) is 1. The molecule has 1 heterocycles. The van der Waals surface area contributed by atoms with Gasteiger partial charge in [-0.3, -0.25) is 0 Å². The monoisotopic (exact) mass is 210 g/mol. The van der Waals surface area contributed by atoms with E-state index < -0.39 is 0 Å². The Morgan fingerprint density at radius 1 is 1.71 bits per heavy atom. The van der Waals surface area contributed by atoms with E-state index >= 15 is 0 Å². The molecular formula is C9H11ClN4. The normalized spacial score (nSPS) is 9.50. The van der Waals surface area contributed by atoms with E-state index in [1.165, 1.54) is 0 Å². The first-order chi connectivity index (χ1) is 6.65. The first-order valence-electron chi connectivity index (χ1n) is 4.14. The Bertz CT molecular complexity index is 358. The summed E-state index contributed by atoms with van der Waals surface area (Å²) in [6.07, 6.45) is 1.99. The van der Waals surface area contributed by atoms with Crippen molar-refractivity contribution in [3.05, 3.63) is 17.3 Å². The minimum absolute atomic E-state index is 0.443. The first-order valence-corrected chi connectivity index (χ1v) is 4.52. The third kappa shape index (κ3) is 2.51. The minimum atomic E-state index is 0.443. The lowest BCUT2D eigenvalue weighted by Crippen LogP contribution is -2.19. The predicted molar refractivity (Wildman–Crippen MR) is 57.2 cm³/mol. The van der Waals surface area contributed by atoms with Crippen LogP contribution in [0.25, 0.3) is 0 Å². The van der Waals surface area contributed by atoms with Crippen LogP contribution in [0.5, 0.6) is 0 Å². The zero-order valence-corrected chi connectivity index (χ0v) is 8.62. The van der Waals surface area contributed by atoms with Crippen LogP contribution in [0, 0.1) is 11.3 Å². The fourth-order valence-electron chi connectivity index (χ4n) is 1.05. The van der Waals surface area contributed by atoms with Crippen LogP contribution in [0.3, 0.4) is 0 Å². The smallest absolute Gasteiger partial charge is 0.147 e. The Hall–Kier alpha value is -1.47. The van der Waals surface area contributed by atoms with Gasteiger partial charge in [-0.15, -0.1) is 0 Å². The van der Waals surface area contributed by atoms with E-state index in [1.807, 2.05) is 11.9 Å². The van der Waals surface area contributed by atoms with Crippen molar-refractivity contribution >= 4 is 23.1 Å². The summed E-state index contributed by atoms with van der Waals surface area (Å²) in [6.45, 7) is 0.604. The molecule has 5 heteroatoms. The van der Waals surface area contributed by atoms with Crippen LogP contribution in [-0.2, 0) is 0 Å². The summed E-state index contributed by atoms with van der Waals surface area (Å²) in [5.74, 6) is 0.649. The summed E-state index contributed by atoms with van der Waals surface area (Å²) >= 11 is 5.94. The van der Waals surface area contributed by atoms with Gasteiger partial charge in [0.25, 0.3) is 0 Å². The van der Waals surface area contributed by atoms with Crippen LogP contribution < -0.4 is 10.6 Å². The summed E-state index contributed by atoms with van der Waals surface area (Å²) in [7, 11) is 1.84. The molecule has 0 unspecified atom stereocenters. The summed E-state index contributed by atoms with van der Waals surface area (Å²) in [6, 6.07) is 3.71. The molecule has 1 rings (SSSR count). The van der Waals surface area contributed by atoms with Crippen LogP contribution in [0.4, 0.5) is 11.5 Å². The van der Waals surface area contributed by atoms with Crippen molar-refractivity contribution in [2.24, 2.45) is 0 Å². The van der Waals surface area contributed by atoms with Gasteiger partial charge >= 0.3 is 0 Å². The van der Waals surface area contributed by atoms with E-state index in [1.54, 1.807) is 12.3 Å². The van der Waals surface area contributed by atoms with E-state index in [0.717, 1.165) is 0 Å². The lowest BCUT2D eigenvalue weighted by molar-refractivity contribution is 0.885. The number of aromatic nitrogens is 1. The number of rotatable bonds is 3. The average Bonchev–Trinajstić information content (AvgIpc) is 2.14. The number of nitriles is 1.